The lowest BCUT2D eigenvalue weighted by Gasteiger charge is -2.15. The summed E-state index contributed by atoms with van der Waals surface area (Å²) >= 11 is 0. The van der Waals surface area contributed by atoms with E-state index in [2.05, 4.69) is 10.6 Å². The Bertz CT molecular complexity index is 540. The fraction of sp³-hybridized carbons (Fsp3) is 0.400. The predicted molar refractivity (Wildman–Crippen MR) is 84.7 cm³/mol. The van der Waals surface area contributed by atoms with E-state index in [1.165, 1.54) is 4.90 Å². The Hall–Kier alpha value is -2.41. The van der Waals surface area contributed by atoms with E-state index in [1.807, 2.05) is 0 Å². The van der Waals surface area contributed by atoms with Crippen molar-refractivity contribution in [2.45, 2.75) is 0 Å². The molecule has 1 aromatic carbocycles. The molecule has 1 aromatic rings. The van der Waals surface area contributed by atoms with Crippen LogP contribution in [0, 0.1) is 0 Å². The second kappa shape index (κ2) is 8.14. The monoisotopic (exact) mass is 306 g/mol. The number of hydrogen-bond acceptors (Lipinski definition) is 4. The van der Waals surface area contributed by atoms with E-state index in [0.717, 1.165) is 0 Å². The van der Waals surface area contributed by atoms with Crippen LogP contribution in [-0.2, 0) is 9.59 Å². The maximum Gasteiger partial charge on any atom is 0.253 e. The number of benzene rings is 1. The zero-order chi connectivity index (χ0) is 16.7. The molecule has 1 rings (SSSR count). The first-order valence-corrected chi connectivity index (χ1v) is 6.84. The average Bonchev–Trinajstić information content (AvgIpc) is 2.46. The van der Waals surface area contributed by atoms with E-state index in [1.54, 1.807) is 57.4 Å². The average molecular weight is 306 g/mol. The van der Waals surface area contributed by atoms with Crippen LogP contribution in [0.4, 0.5) is 5.69 Å². The third-order valence-electron chi connectivity index (χ3n) is 2.93. The lowest BCUT2D eigenvalue weighted by atomic mass is 10.2. The molecule has 2 N–H and O–H groups in total. The fourth-order valence-corrected chi connectivity index (χ4v) is 1.78. The van der Waals surface area contributed by atoms with Gasteiger partial charge in [0.05, 0.1) is 13.1 Å². The van der Waals surface area contributed by atoms with Crippen molar-refractivity contribution in [2.75, 3.05) is 46.6 Å². The summed E-state index contributed by atoms with van der Waals surface area (Å²) in [5.41, 5.74) is 1.16. The second-order valence-electron chi connectivity index (χ2n) is 5.17. The lowest BCUT2D eigenvalue weighted by molar-refractivity contribution is -0.122. The Kier molecular flexibility index (Phi) is 6.52. The number of amides is 3. The second-order valence-corrected chi connectivity index (χ2v) is 5.17. The largest absolute Gasteiger partial charge is 0.358 e. The van der Waals surface area contributed by atoms with Crippen molar-refractivity contribution in [1.82, 2.24) is 15.1 Å². The number of carbonyl (C=O) groups excluding carboxylic acids is 3. The highest BCUT2D eigenvalue weighted by molar-refractivity contribution is 5.96. The summed E-state index contributed by atoms with van der Waals surface area (Å²) in [6.45, 7) is 0.256. The third kappa shape index (κ3) is 5.53. The highest BCUT2D eigenvalue weighted by Crippen LogP contribution is 2.10. The van der Waals surface area contributed by atoms with Gasteiger partial charge in [0.25, 0.3) is 5.91 Å². The van der Waals surface area contributed by atoms with E-state index in [0.29, 0.717) is 11.3 Å². The molecule has 0 aliphatic heterocycles. The number of nitrogens with one attached hydrogen (secondary N) is 2. The topological polar surface area (TPSA) is 81.8 Å². The molecule has 120 valence electrons. The summed E-state index contributed by atoms with van der Waals surface area (Å²) < 4.78 is 0. The highest BCUT2D eigenvalue weighted by Gasteiger charge is 2.11. The van der Waals surface area contributed by atoms with Gasteiger partial charge in [0, 0.05) is 32.4 Å². The van der Waals surface area contributed by atoms with Gasteiger partial charge in [0.15, 0.2) is 0 Å². The molecule has 3 amide bonds. The molecule has 0 atom stereocenters. The van der Waals surface area contributed by atoms with Gasteiger partial charge >= 0.3 is 0 Å². The van der Waals surface area contributed by atoms with Gasteiger partial charge in [-0.25, -0.2) is 0 Å². The minimum atomic E-state index is -0.224. The van der Waals surface area contributed by atoms with Crippen molar-refractivity contribution in [3.63, 3.8) is 0 Å². The van der Waals surface area contributed by atoms with Crippen molar-refractivity contribution in [1.29, 1.82) is 0 Å². The first kappa shape index (κ1) is 17.6. The zero-order valence-corrected chi connectivity index (χ0v) is 13.3. The molecule has 0 heterocycles. The number of likely N-dealkylation sites (N-methyl/N-ethyl adjacent to an activating group) is 2. The Labute approximate surface area is 130 Å². The van der Waals surface area contributed by atoms with Crippen molar-refractivity contribution in [2.24, 2.45) is 0 Å². The van der Waals surface area contributed by atoms with Gasteiger partial charge in [0.1, 0.15) is 0 Å². The molecule has 0 saturated heterocycles. The number of hydrogen-bond donors (Lipinski definition) is 2. The number of nitrogens with zero attached hydrogens (tertiary/aromatic N) is 2. The summed E-state index contributed by atoms with van der Waals surface area (Å²) in [4.78, 5) is 37.9. The third-order valence-corrected chi connectivity index (χ3v) is 2.93. The van der Waals surface area contributed by atoms with Crippen LogP contribution in [0.1, 0.15) is 10.4 Å². The SMILES string of the molecule is CNC(=O)CN(C)CC(=O)Nc1ccc(C(=O)N(C)C)cc1. The minimum Gasteiger partial charge on any atom is -0.358 e. The zero-order valence-electron chi connectivity index (χ0n) is 13.3. The summed E-state index contributed by atoms with van der Waals surface area (Å²) in [6.07, 6.45) is 0. The maximum atomic E-state index is 11.9. The van der Waals surface area contributed by atoms with E-state index in [9.17, 15) is 14.4 Å². The van der Waals surface area contributed by atoms with Gasteiger partial charge in [-0.15, -0.1) is 0 Å². The van der Waals surface area contributed by atoms with E-state index in [4.69, 9.17) is 0 Å². The number of rotatable bonds is 6. The van der Waals surface area contributed by atoms with Gasteiger partial charge in [-0.05, 0) is 31.3 Å². The molecular weight excluding hydrogens is 284 g/mol. The predicted octanol–water partition coefficient (Wildman–Crippen LogP) is 0.00470. The summed E-state index contributed by atoms with van der Waals surface area (Å²) in [5.74, 6) is -0.469. The van der Waals surface area contributed by atoms with Crippen molar-refractivity contribution in [3.05, 3.63) is 29.8 Å². The van der Waals surface area contributed by atoms with Gasteiger partial charge in [-0.2, -0.15) is 0 Å². The van der Waals surface area contributed by atoms with Crippen LogP contribution in [0.25, 0.3) is 0 Å². The van der Waals surface area contributed by atoms with Gasteiger partial charge in [-0.1, -0.05) is 0 Å². The summed E-state index contributed by atoms with van der Waals surface area (Å²) in [6, 6.07) is 6.67. The number of carbonyl (C=O) groups is 3. The highest BCUT2D eigenvalue weighted by atomic mass is 16.2. The Morgan fingerprint density at radius 1 is 0.955 bits per heavy atom. The molecular formula is C15H22N4O3. The van der Waals surface area contributed by atoms with Crippen molar-refractivity contribution in [3.8, 4) is 0 Å². The molecule has 0 fully saturated rings. The van der Waals surface area contributed by atoms with Gasteiger partial charge < -0.3 is 15.5 Å². The van der Waals surface area contributed by atoms with Crippen LogP contribution >= 0.6 is 0 Å². The van der Waals surface area contributed by atoms with Gasteiger partial charge in [-0.3, -0.25) is 19.3 Å². The van der Waals surface area contributed by atoms with Gasteiger partial charge in [0.2, 0.25) is 11.8 Å². The minimum absolute atomic E-state index is 0.0943. The molecule has 7 heteroatoms. The van der Waals surface area contributed by atoms with Crippen LogP contribution in [0.5, 0.6) is 0 Å². The first-order valence-electron chi connectivity index (χ1n) is 6.84. The smallest absolute Gasteiger partial charge is 0.253 e. The molecule has 7 nitrogen and oxygen atoms in total. The van der Waals surface area contributed by atoms with Crippen LogP contribution in [0.2, 0.25) is 0 Å². The molecule has 0 spiro atoms. The van der Waals surface area contributed by atoms with Crippen molar-refractivity contribution < 1.29 is 14.4 Å². The van der Waals surface area contributed by atoms with Crippen LogP contribution in [0.15, 0.2) is 24.3 Å². The van der Waals surface area contributed by atoms with E-state index in [-0.39, 0.29) is 30.8 Å². The summed E-state index contributed by atoms with van der Waals surface area (Å²) in [5, 5.41) is 5.22. The molecule has 0 bridgehead atoms. The summed E-state index contributed by atoms with van der Waals surface area (Å²) in [7, 11) is 6.60. The normalized spacial score (nSPS) is 10.2. The first-order chi connectivity index (χ1) is 10.3. The standard InChI is InChI=1S/C15H22N4O3/c1-16-13(20)9-19(4)10-14(21)17-12-7-5-11(6-8-12)15(22)18(2)3/h5-8H,9-10H2,1-4H3,(H,16,20)(H,17,21). The quantitative estimate of drug-likeness (QED) is 0.775. The molecule has 0 saturated carbocycles. The van der Waals surface area contributed by atoms with Crippen LogP contribution in [-0.4, -0.2) is 68.8 Å². The van der Waals surface area contributed by atoms with Crippen molar-refractivity contribution >= 4 is 23.4 Å². The van der Waals surface area contributed by atoms with E-state index < -0.39 is 0 Å². The maximum absolute atomic E-state index is 11.9. The molecule has 0 radical (unpaired) electrons. The Morgan fingerprint density at radius 3 is 2.00 bits per heavy atom. The molecule has 0 aliphatic rings. The fourth-order valence-electron chi connectivity index (χ4n) is 1.78. The molecule has 0 aromatic heterocycles. The van der Waals surface area contributed by atoms with E-state index >= 15 is 0 Å². The molecule has 0 unspecified atom stereocenters. The number of anilines is 1. The Morgan fingerprint density at radius 2 is 1.50 bits per heavy atom. The lowest BCUT2D eigenvalue weighted by Crippen LogP contribution is -2.37. The van der Waals surface area contributed by atoms with Crippen LogP contribution < -0.4 is 10.6 Å². The Balaban J connectivity index is 2.55. The molecule has 0 aliphatic carbocycles. The van der Waals surface area contributed by atoms with Crippen LogP contribution in [0.3, 0.4) is 0 Å². The molecule has 22 heavy (non-hydrogen) atoms.